The second kappa shape index (κ2) is 10.1. The van der Waals surface area contributed by atoms with Crippen LogP contribution in [-0.2, 0) is 4.84 Å². The van der Waals surface area contributed by atoms with Gasteiger partial charge >= 0.3 is 0 Å². The Morgan fingerprint density at radius 2 is 1.73 bits per heavy atom. The molecule has 0 N–H and O–H groups in total. The summed E-state index contributed by atoms with van der Waals surface area (Å²) in [5.74, 6) is 0. The second-order valence-electron chi connectivity index (χ2n) is 5.84. The quantitative estimate of drug-likeness (QED) is 0.361. The topological polar surface area (TPSA) is 96.8 Å². The molecule has 0 aliphatic carbocycles. The van der Waals surface area contributed by atoms with Crippen LogP contribution in [0.4, 0.5) is 0 Å². The molecule has 0 radical (unpaired) electrons. The Hall–Kier alpha value is -3.03. The molecule has 1 aromatic carbocycles. The van der Waals surface area contributed by atoms with Gasteiger partial charge in [0, 0.05) is 11.8 Å². The number of hydrogen-bond acceptors (Lipinski definition) is 8. The molecule has 0 spiro atoms. The first kappa shape index (κ1) is 17.8. The van der Waals surface area contributed by atoms with E-state index in [2.05, 4.69) is 36.0 Å². The lowest BCUT2D eigenvalue weighted by Crippen LogP contribution is -2.08. The zero-order valence-corrected chi connectivity index (χ0v) is 14.5. The number of oxime groups is 1. The molecular formula is C18H21N7O. The summed E-state index contributed by atoms with van der Waals surface area (Å²) in [6.07, 6.45) is 6.64. The van der Waals surface area contributed by atoms with E-state index in [1.807, 2.05) is 42.5 Å². The fraction of sp³-hybridized carbons (Fsp3) is 0.389. The van der Waals surface area contributed by atoms with E-state index in [1.165, 1.54) is 0 Å². The average molecular weight is 351 g/mol. The maximum absolute atomic E-state index is 5.54. The van der Waals surface area contributed by atoms with Gasteiger partial charge in [0.15, 0.2) is 6.17 Å². The molecule has 8 nitrogen and oxygen atoms in total. The third kappa shape index (κ3) is 5.51. The smallest absolute Gasteiger partial charge is 0.185 e. The van der Waals surface area contributed by atoms with Gasteiger partial charge in [-0.3, -0.25) is 0 Å². The van der Waals surface area contributed by atoms with Crippen molar-refractivity contribution in [2.24, 2.45) is 25.8 Å². The molecule has 0 atom stereocenters. The minimum atomic E-state index is -0.0729. The van der Waals surface area contributed by atoms with Gasteiger partial charge in [-0.05, 0) is 48.3 Å². The van der Waals surface area contributed by atoms with Crippen LogP contribution >= 0.6 is 0 Å². The summed E-state index contributed by atoms with van der Waals surface area (Å²) in [4.78, 5) is 5.54. The summed E-state index contributed by atoms with van der Waals surface area (Å²) in [6.45, 7) is 0.569. The molecular weight excluding hydrogens is 330 g/mol. The first-order valence-corrected chi connectivity index (χ1v) is 8.77. The van der Waals surface area contributed by atoms with Crippen LogP contribution in [0.2, 0.25) is 0 Å². The van der Waals surface area contributed by atoms with Crippen molar-refractivity contribution in [1.29, 1.82) is 0 Å². The fourth-order valence-electron chi connectivity index (χ4n) is 2.53. The Labute approximate surface area is 152 Å². The molecule has 3 rings (SSSR count). The molecule has 2 heterocycles. The monoisotopic (exact) mass is 351 g/mol. The van der Waals surface area contributed by atoms with Gasteiger partial charge in [0.25, 0.3) is 0 Å². The Morgan fingerprint density at radius 1 is 0.923 bits per heavy atom. The van der Waals surface area contributed by atoms with Gasteiger partial charge in [0.1, 0.15) is 18.0 Å². The largest absolute Gasteiger partial charge is 0.395 e. The van der Waals surface area contributed by atoms with E-state index in [4.69, 9.17) is 4.84 Å². The van der Waals surface area contributed by atoms with Crippen molar-refractivity contribution in [3.05, 3.63) is 59.9 Å². The zero-order valence-electron chi connectivity index (χ0n) is 14.5. The second-order valence-corrected chi connectivity index (χ2v) is 5.84. The predicted octanol–water partition coefficient (Wildman–Crippen LogP) is 4.36. The minimum Gasteiger partial charge on any atom is -0.395 e. The number of unbranched alkanes of at least 4 members (excludes halogenated alkanes) is 3. The third-order valence-electron chi connectivity index (χ3n) is 3.88. The van der Waals surface area contributed by atoms with E-state index in [1.54, 1.807) is 6.20 Å². The van der Waals surface area contributed by atoms with E-state index in [9.17, 15) is 0 Å². The lowest BCUT2D eigenvalue weighted by molar-refractivity contribution is 0.140. The molecule has 0 saturated heterocycles. The van der Waals surface area contributed by atoms with Crippen LogP contribution in [0.5, 0.6) is 0 Å². The maximum Gasteiger partial charge on any atom is 0.185 e. The summed E-state index contributed by atoms with van der Waals surface area (Å²) in [5, 5.41) is 27.2. The molecule has 8 heteroatoms. The summed E-state index contributed by atoms with van der Waals surface area (Å²) < 4.78 is 0. The summed E-state index contributed by atoms with van der Waals surface area (Å²) in [7, 11) is 0. The lowest BCUT2D eigenvalue weighted by atomic mass is 10.1. The number of nitrogens with zero attached hydrogens (tertiary/aromatic N) is 7. The van der Waals surface area contributed by atoms with Crippen LogP contribution in [0.25, 0.3) is 0 Å². The van der Waals surface area contributed by atoms with Gasteiger partial charge in [-0.1, -0.05) is 41.9 Å². The van der Waals surface area contributed by atoms with E-state index in [0.717, 1.165) is 37.7 Å². The van der Waals surface area contributed by atoms with Crippen molar-refractivity contribution in [2.75, 3.05) is 6.61 Å². The summed E-state index contributed by atoms with van der Waals surface area (Å²) in [6, 6.07) is 13.6. The maximum atomic E-state index is 5.54. The summed E-state index contributed by atoms with van der Waals surface area (Å²) in [5.41, 5.74) is 2.34. The van der Waals surface area contributed by atoms with E-state index >= 15 is 0 Å². The highest BCUT2D eigenvalue weighted by Crippen LogP contribution is 2.14. The number of hydrogen-bond donors (Lipinski definition) is 0. The van der Waals surface area contributed by atoms with Crippen molar-refractivity contribution in [3.63, 3.8) is 0 Å². The van der Waals surface area contributed by atoms with E-state index in [-0.39, 0.29) is 6.17 Å². The first-order chi connectivity index (χ1) is 12.9. The normalized spacial score (nSPS) is 14.1. The van der Waals surface area contributed by atoms with Crippen LogP contribution in [0, 0.1) is 0 Å². The SMILES string of the molecule is c1ccc(/C(=N/OCCCCCCC2N=NN=N2)c2cccnn2)cc1. The van der Waals surface area contributed by atoms with Crippen LogP contribution < -0.4 is 0 Å². The number of aromatic nitrogens is 2. The molecule has 2 aromatic rings. The van der Waals surface area contributed by atoms with Crippen LogP contribution in [-0.4, -0.2) is 28.7 Å². The average Bonchev–Trinajstić information content (AvgIpc) is 3.22. The molecule has 0 unspecified atom stereocenters. The molecule has 134 valence electrons. The molecule has 0 saturated carbocycles. The standard InChI is InChI=1S/C18H21N7O/c1(6-12-17-21-24-25-22-17)2-7-14-26-23-18(15-9-4-3-5-10-15)16-11-8-13-19-20-16/h3-5,8-11,13,17H,1-2,6-7,12,14H2/b23-18-. The Balaban J connectivity index is 1.43. The van der Waals surface area contributed by atoms with Crippen molar-refractivity contribution >= 4 is 5.71 Å². The van der Waals surface area contributed by atoms with Crippen LogP contribution in [0.1, 0.15) is 43.4 Å². The van der Waals surface area contributed by atoms with Gasteiger partial charge < -0.3 is 4.84 Å². The van der Waals surface area contributed by atoms with Crippen molar-refractivity contribution < 1.29 is 4.84 Å². The molecule has 1 aliphatic rings. The third-order valence-corrected chi connectivity index (χ3v) is 3.88. The molecule has 0 fully saturated rings. The Kier molecular flexibility index (Phi) is 6.89. The Bertz CT molecular complexity index is 693. The van der Waals surface area contributed by atoms with Crippen molar-refractivity contribution in [3.8, 4) is 0 Å². The first-order valence-electron chi connectivity index (χ1n) is 8.77. The van der Waals surface area contributed by atoms with E-state index < -0.39 is 0 Å². The molecule has 26 heavy (non-hydrogen) atoms. The lowest BCUT2D eigenvalue weighted by Gasteiger charge is -2.06. The number of benzene rings is 1. The van der Waals surface area contributed by atoms with Gasteiger partial charge in [0.2, 0.25) is 0 Å². The Morgan fingerprint density at radius 3 is 2.50 bits per heavy atom. The van der Waals surface area contributed by atoms with Crippen molar-refractivity contribution in [1.82, 2.24) is 10.2 Å². The highest BCUT2D eigenvalue weighted by atomic mass is 16.6. The highest BCUT2D eigenvalue weighted by molar-refractivity contribution is 6.11. The molecule has 1 aromatic heterocycles. The molecule has 0 bridgehead atoms. The predicted molar refractivity (Wildman–Crippen MR) is 96.7 cm³/mol. The van der Waals surface area contributed by atoms with E-state index in [0.29, 0.717) is 18.0 Å². The minimum absolute atomic E-state index is 0.0729. The summed E-state index contributed by atoms with van der Waals surface area (Å²) >= 11 is 0. The van der Waals surface area contributed by atoms with Gasteiger partial charge in [0.05, 0.1) is 0 Å². The van der Waals surface area contributed by atoms with Crippen LogP contribution in [0.15, 0.2) is 74.5 Å². The molecule has 1 aliphatic heterocycles. The van der Waals surface area contributed by atoms with Gasteiger partial charge in [-0.2, -0.15) is 5.10 Å². The van der Waals surface area contributed by atoms with Crippen molar-refractivity contribution in [2.45, 2.75) is 38.3 Å². The molecule has 0 amide bonds. The van der Waals surface area contributed by atoms with Gasteiger partial charge in [-0.25, -0.2) is 0 Å². The fourth-order valence-corrected chi connectivity index (χ4v) is 2.53. The van der Waals surface area contributed by atoms with Gasteiger partial charge in [-0.15, -0.1) is 15.3 Å². The number of rotatable bonds is 10. The van der Waals surface area contributed by atoms with Crippen LogP contribution in [0.3, 0.4) is 0 Å². The zero-order chi connectivity index (χ0) is 17.9. The highest BCUT2D eigenvalue weighted by Gasteiger charge is 2.10.